The molecule has 4 saturated carbocycles. The molecule has 1 atom stereocenters. The van der Waals surface area contributed by atoms with E-state index in [0.29, 0.717) is 11.5 Å². The van der Waals surface area contributed by atoms with E-state index in [4.69, 9.17) is 3.80 Å². The second-order valence-corrected chi connectivity index (χ2v) is 24.6. The average Bonchev–Trinajstić information content (AvgIpc) is 3.27. The van der Waals surface area contributed by atoms with E-state index in [1.165, 1.54) is 49.7 Å². The van der Waals surface area contributed by atoms with Crippen LogP contribution in [0, 0.1) is 23.7 Å². The van der Waals surface area contributed by atoms with Gasteiger partial charge in [-0.2, -0.15) is 0 Å². The van der Waals surface area contributed by atoms with Crippen LogP contribution in [0.1, 0.15) is 66.2 Å². The molecular formula is C43H50NSiTi. The topological polar surface area (TPSA) is 12.0 Å². The molecule has 5 aliphatic rings. The van der Waals surface area contributed by atoms with Crippen molar-refractivity contribution in [2.24, 2.45) is 23.7 Å². The Hall–Kier alpha value is -2.75. The van der Waals surface area contributed by atoms with Gasteiger partial charge < -0.3 is 0 Å². The van der Waals surface area contributed by atoms with Crippen molar-refractivity contribution in [2.45, 2.75) is 71.8 Å². The normalized spacial score (nSPS) is 26.4. The third-order valence-corrected chi connectivity index (χ3v) is 25.6. The van der Waals surface area contributed by atoms with Crippen LogP contribution in [0.2, 0.25) is 0 Å². The molecule has 3 heteroatoms. The van der Waals surface area contributed by atoms with Gasteiger partial charge in [0, 0.05) is 0 Å². The van der Waals surface area contributed by atoms with Crippen LogP contribution in [0.5, 0.6) is 0 Å². The van der Waals surface area contributed by atoms with Crippen LogP contribution in [0.3, 0.4) is 0 Å². The number of hydrogen-bond donors (Lipinski definition) is 1. The summed E-state index contributed by atoms with van der Waals surface area (Å²) in [6, 6.07) is 44.2. The first-order chi connectivity index (χ1) is 22.4. The summed E-state index contributed by atoms with van der Waals surface area (Å²) in [4.78, 5) is 0. The number of nitrogens with one attached hydrogen (secondary N) is 1. The summed E-state index contributed by atoms with van der Waals surface area (Å²) in [7, 11) is 0. The van der Waals surface area contributed by atoms with E-state index in [1.54, 1.807) is 27.1 Å². The summed E-state index contributed by atoms with van der Waals surface area (Å²) in [5.41, 5.74) is 7.82. The molecular weight excluding hydrogens is 606 g/mol. The predicted octanol–water partition coefficient (Wildman–Crippen LogP) is 9.23. The van der Waals surface area contributed by atoms with Gasteiger partial charge in [-0.3, -0.25) is 0 Å². The molecule has 0 spiro atoms. The van der Waals surface area contributed by atoms with E-state index in [1.807, 2.05) is 16.0 Å². The molecule has 4 aromatic rings. The van der Waals surface area contributed by atoms with Crippen LogP contribution >= 0.6 is 0 Å². The predicted molar refractivity (Wildman–Crippen MR) is 195 cm³/mol. The van der Waals surface area contributed by atoms with Crippen LogP contribution in [0.25, 0.3) is 11.1 Å². The zero-order chi connectivity index (χ0) is 31.7. The molecule has 0 radical (unpaired) electrons. The first-order valence-corrected chi connectivity index (χ1v) is 23.6. The molecule has 1 nitrogen and oxygen atoms in total. The molecule has 4 fully saturated rings. The molecule has 0 saturated heterocycles. The second-order valence-electron chi connectivity index (χ2n) is 14.8. The maximum Gasteiger partial charge on any atom is -0.0184 e. The van der Waals surface area contributed by atoms with E-state index in [9.17, 15) is 0 Å². The zero-order valence-electron chi connectivity index (χ0n) is 28.2. The maximum atomic E-state index is 4.75. The van der Waals surface area contributed by atoms with E-state index in [-0.39, 0.29) is 0 Å². The van der Waals surface area contributed by atoms with Gasteiger partial charge in [-0.25, -0.2) is 0 Å². The van der Waals surface area contributed by atoms with Crippen molar-refractivity contribution in [3.8, 4) is 11.1 Å². The van der Waals surface area contributed by atoms with Gasteiger partial charge >= 0.3 is 215 Å². The second kappa shape index (κ2) is 13.8. The van der Waals surface area contributed by atoms with Crippen LogP contribution in [0.15, 0.2) is 142 Å². The minimum absolute atomic E-state index is 0.427. The van der Waals surface area contributed by atoms with Crippen LogP contribution < -0.4 is 14.2 Å². The fourth-order valence-electron chi connectivity index (χ4n) is 9.72. The standard InChI is InChI=1S/C12H11Si.C12H10.C10H16N.C9H13.Ti/c1-3-7-11(8-4-1)13-12-9-5-2-6-10-12;1-3-7-11(8-4-1)12-9-5-2-6-10-12;11-10-4-7-1-8(5-10)3-9(2-7)6-10;1-6-5-7(2)9(4)8(6)3;/h1-10,13H;1-10H;7-9,11H,1-6H2;6H,1-4H3;/q;;-1;;+1. The minimum Gasteiger partial charge on any atom is -0.0622 e. The molecule has 5 aliphatic carbocycles. The van der Waals surface area contributed by atoms with Gasteiger partial charge in [0.05, 0.1) is 0 Å². The Morgan fingerprint density at radius 2 is 0.957 bits per heavy atom. The summed E-state index contributed by atoms with van der Waals surface area (Å²) < 4.78 is 6.62. The van der Waals surface area contributed by atoms with Gasteiger partial charge in [0.25, 0.3) is 0 Å². The summed E-state index contributed by atoms with van der Waals surface area (Å²) in [6.07, 6.45) is 8.91. The summed E-state index contributed by atoms with van der Waals surface area (Å²) >= 11 is -1.87. The van der Waals surface area contributed by atoms with E-state index in [2.05, 4.69) is 137 Å². The van der Waals surface area contributed by atoms with Crippen molar-refractivity contribution >= 4 is 17.0 Å². The molecule has 4 bridgehead atoms. The van der Waals surface area contributed by atoms with Gasteiger partial charge in [-0.15, -0.1) is 0 Å². The molecule has 9 rings (SSSR count). The number of rotatable bonds is 7. The van der Waals surface area contributed by atoms with Crippen molar-refractivity contribution in [2.75, 3.05) is 0 Å². The van der Waals surface area contributed by atoms with Gasteiger partial charge in [0.15, 0.2) is 0 Å². The fraction of sp³-hybridized carbons (Fsp3) is 0.349. The first kappa shape index (κ1) is 31.8. The number of benzene rings is 4. The third-order valence-electron chi connectivity index (χ3n) is 11.8. The quantitative estimate of drug-likeness (QED) is 0.196. The Balaban J connectivity index is 0.000000236. The molecule has 0 heterocycles. The first-order valence-electron chi connectivity index (χ1n) is 17.6. The van der Waals surface area contributed by atoms with Gasteiger partial charge in [0.1, 0.15) is 0 Å². The SMILES string of the molecule is CC1=C(C)C(C)[C]([Ti]([NH]C23CC4CC(CC(C4)C2)C3)[SiH](c2ccccc2)c2ccccc2)=C1C.c1ccc(-c2ccccc2)cc1. The van der Waals surface area contributed by atoms with Gasteiger partial charge in [0.2, 0.25) is 0 Å². The maximum absolute atomic E-state index is 4.75. The Kier molecular flexibility index (Phi) is 9.53. The average molecular weight is 657 g/mol. The molecule has 0 aliphatic heterocycles. The molecule has 1 N–H and O–H groups in total. The van der Waals surface area contributed by atoms with Crippen LogP contribution in [0.4, 0.5) is 0 Å². The Labute approximate surface area is 285 Å². The third kappa shape index (κ3) is 6.52. The van der Waals surface area contributed by atoms with Crippen LogP contribution in [-0.4, -0.2) is 12.2 Å². The van der Waals surface area contributed by atoms with Crippen molar-refractivity contribution < 1.29 is 17.4 Å². The number of hydrogen-bond acceptors (Lipinski definition) is 1. The largest absolute Gasteiger partial charge is 0.0622 e. The molecule has 0 amide bonds. The van der Waals surface area contributed by atoms with E-state index in [0.717, 1.165) is 17.8 Å². The van der Waals surface area contributed by atoms with Crippen molar-refractivity contribution in [3.05, 3.63) is 142 Å². The molecule has 235 valence electrons. The summed E-state index contributed by atoms with van der Waals surface area (Å²) in [5.74, 6) is 3.58. The minimum atomic E-state index is -1.87. The van der Waals surface area contributed by atoms with E-state index < -0.39 is 24.0 Å². The molecule has 0 aromatic heterocycles. The Morgan fingerprint density at radius 1 is 0.565 bits per heavy atom. The van der Waals surface area contributed by atoms with E-state index >= 15 is 0 Å². The van der Waals surface area contributed by atoms with Crippen molar-refractivity contribution in [1.29, 1.82) is 0 Å². The summed E-state index contributed by atoms with van der Waals surface area (Å²) in [5, 5.41) is 3.30. The van der Waals surface area contributed by atoms with Crippen LogP contribution in [-0.2, 0) is 17.4 Å². The van der Waals surface area contributed by atoms with Crippen molar-refractivity contribution in [3.63, 3.8) is 0 Å². The monoisotopic (exact) mass is 656 g/mol. The number of allylic oxidation sites excluding steroid dienone is 4. The fourth-order valence-corrected chi connectivity index (χ4v) is 26.3. The Bertz CT molecular complexity index is 1570. The zero-order valence-corrected chi connectivity index (χ0v) is 30.9. The molecule has 46 heavy (non-hydrogen) atoms. The van der Waals surface area contributed by atoms with Gasteiger partial charge in [-0.1, -0.05) is 60.7 Å². The Morgan fingerprint density at radius 3 is 1.33 bits per heavy atom. The van der Waals surface area contributed by atoms with Crippen molar-refractivity contribution in [1.82, 2.24) is 3.80 Å². The van der Waals surface area contributed by atoms with Gasteiger partial charge in [-0.05, 0) is 11.1 Å². The summed E-state index contributed by atoms with van der Waals surface area (Å²) in [6.45, 7) is 8.34. The molecule has 1 unspecified atom stereocenters. The smallest absolute Gasteiger partial charge is 0.0184 e. The molecule has 4 aromatic carbocycles.